The third kappa shape index (κ3) is 5.25. The van der Waals surface area contributed by atoms with Gasteiger partial charge in [-0.15, -0.1) is 0 Å². The summed E-state index contributed by atoms with van der Waals surface area (Å²) in [6.45, 7) is 12.2. The standard InChI is InChI=1S/C22H28N2O5/c1-11(2)28-21(26)18-14(5)19(23-15(18)6)22(27)29-16(7)20(25)24-17-9-8-12(3)10-13(17)4/h8-11,16,23H,1-7H3,(H,24,25)/t16-/m1/s1. The summed E-state index contributed by atoms with van der Waals surface area (Å²) in [5.41, 5.74) is 4.04. The second-order valence-corrected chi connectivity index (χ2v) is 7.43. The Kier molecular flexibility index (Phi) is 6.84. The molecule has 156 valence electrons. The van der Waals surface area contributed by atoms with Gasteiger partial charge in [-0.1, -0.05) is 17.7 Å². The minimum atomic E-state index is -1.02. The highest BCUT2D eigenvalue weighted by molar-refractivity contribution is 6.00. The lowest BCUT2D eigenvalue weighted by atomic mass is 10.1. The first-order chi connectivity index (χ1) is 13.5. The number of carbonyl (C=O) groups excluding carboxylic acids is 3. The molecule has 0 spiro atoms. The molecule has 1 aromatic heterocycles. The number of esters is 2. The molecule has 2 aromatic rings. The zero-order chi connectivity index (χ0) is 21.9. The van der Waals surface area contributed by atoms with Gasteiger partial charge in [0.2, 0.25) is 0 Å². The number of anilines is 1. The van der Waals surface area contributed by atoms with E-state index in [0.29, 0.717) is 22.5 Å². The van der Waals surface area contributed by atoms with E-state index in [4.69, 9.17) is 9.47 Å². The molecule has 2 N–H and O–H groups in total. The van der Waals surface area contributed by atoms with Gasteiger partial charge in [-0.05, 0) is 65.7 Å². The van der Waals surface area contributed by atoms with Crippen molar-refractivity contribution in [3.05, 3.63) is 51.8 Å². The Morgan fingerprint density at radius 3 is 2.21 bits per heavy atom. The second kappa shape index (κ2) is 8.94. The molecule has 0 fully saturated rings. The van der Waals surface area contributed by atoms with Gasteiger partial charge in [-0.25, -0.2) is 9.59 Å². The van der Waals surface area contributed by atoms with E-state index in [-0.39, 0.29) is 11.8 Å². The van der Waals surface area contributed by atoms with E-state index in [1.807, 2.05) is 32.0 Å². The monoisotopic (exact) mass is 400 g/mol. The number of hydrogen-bond donors (Lipinski definition) is 2. The summed E-state index contributed by atoms with van der Waals surface area (Å²) in [5, 5.41) is 2.76. The van der Waals surface area contributed by atoms with Crippen molar-refractivity contribution < 1.29 is 23.9 Å². The molecule has 2 rings (SSSR count). The van der Waals surface area contributed by atoms with Crippen LogP contribution in [0, 0.1) is 27.7 Å². The third-order valence-electron chi connectivity index (χ3n) is 4.48. The molecule has 7 nitrogen and oxygen atoms in total. The quantitative estimate of drug-likeness (QED) is 0.715. The molecule has 0 unspecified atom stereocenters. The molecule has 1 atom stereocenters. The summed E-state index contributed by atoms with van der Waals surface area (Å²) in [7, 11) is 0. The summed E-state index contributed by atoms with van der Waals surface area (Å²) >= 11 is 0. The van der Waals surface area contributed by atoms with Gasteiger partial charge in [0, 0.05) is 11.4 Å². The molecular formula is C22H28N2O5. The van der Waals surface area contributed by atoms with E-state index in [2.05, 4.69) is 10.3 Å². The summed E-state index contributed by atoms with van der Waals surface area (Å²) in [6.07, 6.45) is -1.29. The van der Waals surface area contributed by atoms with E-state index in [1.54, 1.807) is 27.7 Å². The molecule has 7 heteroatoms. The zero-order valence-corrected chi connectivity index (χ0v) is 17.9. The number of ether oxygens (including phenoxy) is 2. The molecule has 0 saturated carbocycles. The maximum absolute atomic E-state index is 12.6. The maximum atomic E-state index is 12.6. The van der Waals surface area contributed by atoms with Crippen molar-refractivity contribution in [2.24, 2.45) is 0 Å². The van der Waals surface area contributed by atoms with Gasteiger partial charge in [0.05, 0.1) is 11.7 Å². The Labute approximate surface area is 170 Å². The van der Waals surface area contributed by atoms with Crippen LogP contribution in [0.15, 0.2) is 18.2 Å². The van der Waals surface area contributed by atoms with Gasteiger partial charge < -0.3 is 19.8 Å². The summed E-state index contributed by atoms with van der Waals surface area (Å²) in [6, 6.07) is 5.65. The predicted octanol–water partition coefficient (Wildman–Crippen LogP) is 4.00. The Hall–Kier alpha value is -3.09. The van der Waals surface area contributed by atoms with Crippen molar-refractivity contribution in [2.45, 2.75) is 60.7 Å². The van der Waals surface area contributed by atoms with Gasteiger partial charge in [-0.2, -0.15) is 0 Å². The number of nitrogens with one attached hydrogen (secondary N) is 2. The highest BCUT2D eigenvalue weighted by atomic mass is 16.6. The van der Waals surface area contributed by atoms with Gasteiger partial charge in [-0.3, -0.25) is 4.79 Å². The van der Waals surface area contributed by atoms with Crippen LogP contribution < -0.4 is 5.32 Å². The minimum absolute atomic E-state index is 0.129. The maximum Gasteiger partial charge on any atom is 0.355 e. The fraction of sp³-hybridized carbons (Fsp3) is 0.409. The molecule has 0 aliphatic rings. The predicted molar refractivity (Wildman–Crippen MR) is 110 cm³/mol. The normalized spacial score (nSPS) is 11.9. The van der Waals surface area contributed by atoms with E-state index in [1.165, 1.54) is 6.92 Å². The first-order valence-electron chi connectivity index (χ1n) is 9.50. The summed E-state index contributed by atoms with van der Waals surface area (Å²) in [4.78, 5) is 40.1. The SMILES string of the molecule is Cc1ccc(NC(=O)[C@@H](C)OC(=O)c2[nH]c(C)c(C(=O)OC(C)C)c2C)c(C)c1. The van der Waals surface area contributed by atoms with E-state index in [0.717, 1.165) is 11.1 Å². The van der Waals surface area contributed by atoms with Gasteiger partial charge in [0.15, 0.2) is 6.10 Å². The highest BCUT2D eigenvalue weighted by Crippen LogP contribution is 2.21. The number of carbonyl (C=O) groups is 3. The Morgan fingerprint density at radius 1 is 0.966 bits per heavy atom. The van der Waals surface area contributed by atoms with Crippen molar-refractivity contribution in [1.82, 2.24) is 4.98 Å². The van der Waals surface area contributed by atoms with Crippen LogP contribution in [0.3, 0.4) is 0 Å². The Morgan fingerprint density at radius 2 is 1.62 bits per heavy atom. The number of rotatable bonds is 6. The van der Waals surface area contributed by atoms with Crippen molar-refractivity contribution in [2.75, 3.05) is 5.32 Å². The first-order valence-corrected chi connectivity index (χ1v) is 9.50. The van der Waals surface area contributed by atoms with E-state index >= 15 is 0 Å². The van der Waals surface area contributed by atoms with Crippen LogP contribution in [0.5, 0.6) is 0 Å². The number of aryl methyl sites for hydroxylation is 3. The van der Waals surface area contributed by atoms with Crippen LogP contribution in [0.1, 0.15) is 64.0 Å². The lowest BCUT2D eigenvalue weighted by Crippen LogP contribution is -2.30. The number of aromatic nitrogens is 1. The molecule has 29 heavy (non-hydrogen) atoms. The van der Waals surface area contributed by atoms with Crippen LogP contribution in [-0.4, -0.2) is 35.0 Å². The average Bonchev–Trinajstić information content (AvgIpc) is 2.91. The number of H-pyrrole nitrogens is 1. The second-order valence-electron chi connectivity index (χ2n) is 7.43. The van der Waals surface area contributed by atoms with Crippen LogP contribution in [-0.2, 0) is 14.3 Å². The summed E-state index contributed by atoms with van der Waals surface area (Å²) in [5.74, 6) is -1.66. The molecule has 1 heterocycles. The van der Waals surface area contributed by atoms with Gasteiger partial charge in [0.25, 0.3) is 5.91 Å². The van der Waals surface area contributed by atoms with Crippen LogP contribution in [0.2, 0.25) is 0 Å². The van der Waals surface area contributed by atoms with Crippen LogP contribution in [0.4, 0.5) is 5.69 Å². The molecule has 0 aliphatic heterocycles. The molecule has 0 bridgehead atoms. The fourth-order valence-electron chi connectivity index (χ4n) is 2.99. The lowest BCUT2D eigenvalue weighted by Gasteiger charge is -2.15. The molecule has 1 aromatic carbocycles. The molecule has 0 aliphatic carbocycles. The number of aromatic amines is 1. The van der Waals surface area contributed by atoms with Crippen molar-refractivity contribution in [3.8, 4) is 0 Å². The molecule has 1 amide bonds. The van der Waals surface area contributed by atoms with Gasteiger partial charge >= 0.3 is 11.9 Å². The van der Waals surface area contributed by atoms with E-state index < -0.39 is 23.9 Å². The Bertz CT molecular complexity index is 943. The molecular weight excluding hydrogens is 372 g/mol. The van der Waals surface area contributed by atoms with Crippen LogP contribution >= 0.6 is 0 Å². The lowest BCUT2D eigenvalue weighted by molar-refractivity contribution is -0.123. The van der Waals surface area contributed by atoms with E-state index in [9.17, 15) is 14.4 Å². The number of amides is 1. The highest BCUT2D eigenvalue weighted by Gasteiger charge is 2.27. The fourth-order valence-corrected chi connectivity index (χ4v) is 2.99. The smallest absolute Gasteiger partial charge is 0.355 e. The van der Waals surface area contributed by atoms with Gasteiger partial charge in [0.1, 0.15) is 5.69 Å². The number of hydrogen-bond acceptors (Lipinski definition) is 5. The van der Waals surface area contributed by atoms with Crippen LogP contribution in [0.25, 0.3) is 0 Å². The third-order valence-corrected chi connectivity index (χ3v) is 4.48. The van der Waals surface area contributed by atoms with Crippen molar-refractivity contribution in [1.29, 1.82) is 0 Å². The van der Waals surface area contributed by atoms with Crippen molar-refractivity contribution >= 4 is 23.5 Å². The largest absolute Gasteiger partial charge is 0.459 e. The summed E-state index contributed by atoms with van der Waals surface area (Å²) < 4.78 is 10.5. The molecule has 0 saturated heterocycles. The Balaban J connectivity index is 2.11. The number of benzene rings is 1. The molecule has 0 radical (unpaired) electrons. The average molecular weight is 400 g/mol. The first kappa shape index (κ1) is 22.2. The topological polar surface area (TPSA) is 97.5 Å². The minimum Gasteiger partial charge on any atom is -0.459 e. The zero-order valence-electron chi connectivity index (χ0n) is 17.9. The van der Waals surface area contributed by atoms with Crippen molar-refractivity contribution in [3.63, 3.8) is 0 Å².